The highest BCUT2D eigenvalue weighted by Crippen LogP contribution is 2.11. The molecule has 1 aliphatic heterocycles. The van der Waals surface area contributed by atoms with Crippen LogP contribution in [-0.2, 0) is 9.53 Å². The quantitative estimate of drug-likeness (QED) is 0.657. The largest absolute Gasteiger partial charge is 0.542 e. The molecule has 1 heterocycles. The molecule has 0 bridgehead atoms. The Morgan fingerprint density at radius 3 is 2.18 bits per heavy atom. The Labute approximate surface area is 98.3 Å². The fourth-order valence-electron chi connectivity index (χ4n) is 1.59. The lowest BCUT2D eigenvalue weighted by atomic mass is 10.4. The summed E-state index contributed by atoms with van der Waals surface area (Å²) in [6, 6.07) is 0. The van der Waals surface area contributed by atoms with Crippen molar-refractivity contribution in [2.45, 2.75) is 25.4 Å². The lowest BCUT2D eigenvalue weighted by molar-refractivity contribution is -0.887. The first-order valence-electron chi connectivity index (χ1n) is 5.48. The first-order valence-corrected chi connectivity index (χ1v) is 5.48. The van der Waals surface area contributed by atoms with Crippen LogP contribution in [0.5, 0.6) is 0 Å². The first kappa shape index (κ1) is 16.2. The molecule has 0 atom stereocenters. The van der Waals surface area contributed by atoms with Crippen molar-refractivity contribution < 1.29 is 32.7 Å². The van der Waals surface area contributed by atoms with Gasteiger partial charge in [-0.2, -0.15) is 13.2 Å². The number of quaternary nitrogens is 1. The lowest BCUT2D eigenvalue weighted by Crippen LogP contribution is -3.10. The summed E-state index contributed by atoms with van der Waals surface area (Å²) in [5.41, 5.74) is 0. The van der Waals surface area contributed by atoms with Crippen LogP contribution in [0.1, 0.15) is 19.3 Å². The van der Waals surface area contributed by atoms with Crippen LogP contribution in [0, 0.1) is 0 Å². The predicted molar refractivity (Wildman–Crippen MR) is 52.4 cm³/mol. The molecule has 1 fully saturated rings. The number of methoxy groups -OCH3 is 1. The zero-order chi connectivity index (χ0) is 13.3. The van der Waals surface area contributed by atoms with Gasteiger partial charge in [0.15, 0.2) is 0 Å². The number of likely N-dealkylation sites (tertiary alicyclic amines) is 1. The molecular weight excluding hydrogens is 239 g/mol. The van der Waals surface area contributed by atoms with Crippen LogP contribution in [0.25, 0.3) is 0 Å². The second-order valence-electron chi connectivity index (χ2n) is 3.84. The maximum absolute atomic E-state index is 10.5. The van der Waals surface area contributed by atoms with E-state index in [0.29, 0.717) is 0 Å². The number of carbonyl (C=O) groups excluding carboxylic acids is 1. The van der Waals surface area contributed by atoms with Crippen molar-refractivity contribution in [3.05, 3.63) is 0 Å². The highest BCUT2D eigenvalue weighted by Gasteiger charge is 2.28. The Hall–Kier alpha value is -0.820. The van der Waals surface area contributed by atoms with E-state index in [0.717, 1.165) is 6.61 Å². The normalized spacial score (nSPS) is 16.5. The van der Waals surface area contributed by atoms with Gasteiger partial charge in [-0.3, -0.25) is 0 Å². The van der Waals surface area contributed by atoms with Gasteiger partial charge in [-0.15, -0.1) is 0 Å². The Kier molecular flexibility index (Phi) is 7.90. The molecule has 0 aliphatic carbocycles. The molecule has 0 aromatic heterocycles. The van der Waals surface area contributed by atoms with E-state index in [1.54, 1.807) is 12.0 Å². The van der Waals surface area contributed by atoms with Crippen LogP contribution in [0.4, 0.5) is 13.2 Å². The SMILES string of the molecule is COCCC[NH+]1CCCC1.O=C([O-])C(F)(F)F. The summed E-state index contributed by atoms with van der Waals surface area (Å²) in [5, 5.41) is 8.78. The van der Waals surface area contributed by atoms with E-state index in [9.17, 15) is 13.2 Å². The second-order valence-corrected chi connectivity index (χ2v) is 3.84. The van der Waals surface area contributed by atoms with Gasteiger partial charge in [0.2, 0.25) is 0 Å². The maximum atomic E-state index is 10.5. The highest BCUT2D eigenvalue weighted by atomic mass is 19.4. The van der Waals surface area contributed by atoms with Crippen molar-refractivity contribution >= 4 is 5.97 Å². The third-order valence-electron chi connectivity index (χ3n) is 2.42. The first-order chi connectivity index (χ1) is 7.88. The van der Waals surface area contributed by atoms with Crippen LogP contribution in [0.15, 0.2) is 0 Å². The van der Waals surface area contributed by atoms with Crippen LogP contribution in [0.3, 0.4) is 0 Å². The molecule has 4 nitrogen and oxygen atoms in total. The van der Waals surface area contributed by atoms with E-state index < -0.39 is 12.1 Å². The molecule has 0 unspecified atom stereocenters. The monoisotopic (exact) mass is 257 g/mol. The number of carbonyl (C=O) groups is 1. The number of ether oxygens (including phenoxy) is 1. The number of carboxylic acid groups (broad SMARTS) is 1. The second kappa shape index (κ2) is 8.30. The molecule has 1 N–H and O–H groups in total. The number of rotatable bonds is 4. The van der Waals surface area contributed by atoms with Crippen molar-refractivity contribution in [3.63, 3.8) is 0 Å². The molecule has 102 valence electrons. The van der Waals surface area contributed by atoms with E-state index in [4.69, 9.17) is 14.6 Å². The summed E-state index contributed by atoms with van der Waals surface area (Å²) < 4.78 is 36.5. The molecule has 7 heteroatoms. The molecule has 0 aromatic carbocycles. The number of hydrogen-bond donors (Lipinski definition) is 1. The molecule has 1 rings (SSSR count). The fourth-order valence-corrected chi connectivity index (χ4v) is 1.59. The molecule has 0 spiro atoms. The van der Waals surface area contributed by atoms with Crippen molar-refractivity contribution in [2.24, 2.45) is 0 Å². The maximum Gasteiger partial charge on any atom is 0.430 e. The van der Waals surface area contributed by atoms with E-state index in [1.165, 1.54) is 38.9 Å². The minimum atomic E-state index is -5.19. The molecule has 0 radical (unpaired) electrons. The minimum absolute atomic E-state index is 0.934. The number of aliphatic carboxylic acids is 1. The molecular formula is C10H18F3NO3. The summed E-state index contributed by atoms with van der Waals surface area (Å²) in [6.07, 6.45) is -1.10. The van der Waals surface area contributed by atoms with E-state index in [1.807, 2.05) is 0 Å². The number of halogens is 3. The molecule has 0 amide bonds. The molecule has 17 heavy (non-hydrogen) atoms. The summed E-state index contributed by atoms with van der Waals surface area (Å²) in [7, 11) is 1.78. The topological polar surface area (TPSA) is 53.8 Å². The molecule has 0 aromatic rings. The predicted octanol–water partition coefficient (Wildman–Crippen LogP) is -1.000. The Morgan fingerprint density at radius 2 is 1.82 bits per heavy atom. The van der Waals surface area contributed by atoms with E-state index >= 15 is 0 Å². The summed E-state index contributed by atoms with van der Waals surface area (Å²) >= 11 is 0. The van der Waals surface area contributed by atoms with Gasteiger partial charge in [0.05, 0.1) is 26.2 Å². The molecule has 1 saturated heterocycles. The van der Waals surface area contributed by atoms with Gasteiger partial charge >= 0.3 is 6.18 Å². The van der Waals surface area contributed by atoms with E-state index in [-0.39, 0.29) is 0 Å². The average Bonchev–Trinajstić information content (AvgIpc) is 2.70. The van der Waals surface area contributed by atoms with Crippen molar-refractivity contribution in [3.8, 4) is 0 Å². The summed E-state index contributed by atoms with van der Waals surface area (Å²) in [5.74, 6) is -3.01. The summed E-state index contributed by atoms with van der Waals surface area (Å²) in [4.78, 5) is 10.6. The lowest BCUT2D eigenvalue weighted by Gasteiger charge is -2.10. The van der Waals surface area contributed by atoms with Crippen LogP contribution < -0.4 is 10.0 Å². The Bertz CT molecular complexity index is 215. The third-order valence-corrected chi connectivity index (χ3v) is 2.42. The Balaban J connectivity index is 0.000000325. The van der Waals surface area contributed by atoms with Gasteiger partial charge in [-0.1, -0.05) is 0 Å². The number of alkyl halides is 3. The van der Waals surface area contributed by atoms with Crippen molar-refractivity contribution in [2.75, 3.05) is 33.4 Å². The standard InChI is InChI=1S/C8H17NO.C2HF3O2/c1-10-8-4-7-9-5-2-3-6-9;3-2(4,5)1(6)7/h2-8H2,1H3;(H,6,7). The fraction of sp³-hybridized carbons (Fsp3) is 0.900. The number of carboxylic acids is 1. The molecule has 1 aliphatic rings. The highest BCUT2D eigenvalue weighted by molar-refractivity contribution is 5.70. The van der Waals surface area contributed by atoms with Crippen LogP contribution >= 0.6 is 0 Å². The van der Waals surface area contributed by atoms with Crippen LogP contribution in [0.2, 0.25) is 0 Å². The number of hydrogen-bond acceptors (Lipinski definition) is 3. The van der Waals surface area contributed by atoms with E-state index in [2.05, 4.69) is 0 Å². The van der Waals surface area contributed by atoms with Gasteiger partial charge in [0, 0.05) is 26.4 Å². The smallest absolute Gasteiger partial charge is 0.430 e. The summed E-state index contributed by atoms with van der Waals surface area (Å²) in [6.45, 7) is 5.03. The molecule has 0 saturated carbocycles. The zero-order valence-corrected chi connectivity index (χ0v) is 9.81. The van der Waals surface area contributed by atoms with Gasteiger partial charge in [-0.25, -0.2) is 0 Å². The van der Waals surface area contributed by atoms with Gasteiger partial charge in [0.1, 0.15) is 5.97 Å². The minimum Gasteiger partial charge on any atom is -0.542 e. The van der Waals surface area contributed by atoms with Crippen molar-refractivity contribution in [1.29, 1.82) is 0 Å². The van der Waals surface area contributed by atoms with Gasteiger partial charge < -0.3 is 19.5 Å². The zero-order valence-electron chi connectivity index (χ0n) is 9.81. The van der Waals surface area contributed by atoms with Crippen LogP contribution in [-0.4, -0.2) is 45.5 Å². The number of nitrogens with one attached hydrogen (secondary N) is 1. The Morgan fingerprint density at radius 1 is 1.35 bits per heavy atom. The average molecular weight is 257 g/mol. The van der Waals surface area contributed by atoms with Gasteiger partial charge in [-0.05, 0) is 0 Å². The van der Waals surface area contributed by atoms with Gasteiger partial charge in [0.25, 0.3) is 0 Å². The third kappa shape index (κ3) is 8.93. The van der Waals surface area contributed by atoms with Crippen molar-refractivity contribution in [1.82, 2.24) is 0 Å².